The fourth-order valence-corrected chi connectivity index (χ4v) is 2.34. The number of amides is 2. The summed E-state index contributed by atoms with van der Waals surface area (Å²) < 4.78 is 6.08. The summed E-state index contributed by atoms with van der Waals surface area (Å²) in [6, 6.07) is 13.1. The third-order valence-electron chi connectivity index (χ3n) is 3.05. The quantitative estimate of drug-likeness (QED) is 0.874. The molecule has 110 valence electrons. The fraction of sp³-hybridized carbons (Fsp3) is 0.188. The largest absolute Gasteiger partial charge is 0.497 e. The molecule has 2 amide bonds. The lowest BCUT2D eigenvalue weighted by molar-refractivity contribution is 0.251. The van der Waals surface area contributed by atoms with Gasteiger partial charge in [-0.25, -0.2) is 4.79 Å². The molecule has 2 aromatic rings. The lowest BCUT2D eigenvalue weighted by atomic mass is 10.2. The van der Waals surface area contributed by atoms with Gasteiger partial charge in [-0.3, -0.25) is 0 Å². The second kappa shape index (κ2) is 7.13. The van der Waals surface area contributed by atoms with Crippen molar-refractivity contribution >= 4 is 27.6 Å². The topological polar surface area (TPSA) is 50.4 Å². The highest BCUT2D eigenvalue weighted by Gasteiger charge is 2.04. The van der Waals surface area contributed by atoms with Crippen molar-refractivity contribution in [2.75, 3.05) is 12.4 Å². The minimum atomic E-state index is -0.226. The predicted molar refractivity (Wildman–Crippen MR) is 87.7 cm³/mol. The summed E-state index contributed by atoms with van der Waals surface area (Å²) in [5.74, 6) is 0.800. The Morgan fingerprint density at radius 2 is 1.90 bits per heavy atom. The number of hydrogen-bond acceptors (Lipinski definition) is 2. The van der Waals surface area contributed by atoms with E-state index in [1.54, 1.807) is 7.11 Å². The van der Waals surface area contributed by atoms with Gasteiger partial charge in [-0.15, -0.1) is 0 Å². The Morgan fingerprint density at radius 3 is 2.52 bits per heavy atom. The molecule has 2 N–H and O–H groups in total. The number of urea groups is 1. The van der Waals surface area contributed by atoms with Crippen molar-refractivity contribution in [3.63, 3.8) is 0 Å². The van der Waals surface area contributed by atoms with Gasteiger partial charge in [-0.2, -0.15) is 0 Å². The van der Waals surface area contributed by atoms with Gasteiger partial charge in [-0.05, 0) is 48.4 Å². The van der Waals surface area contributed by atoms with Crippen molar-refractivity contribution < 1.29 is 9.53 Å². The molecule has 0 saturated heterocycles. The number of methoxy groups -OCH3 is 1. The Hall–Kier alpha value is -2.01. The Labute approximate surface area is 132 Å². The molecule has 0 spiro atoms. The zero-order chi connectivity index (χ0) is 15.2. The van der Waals surface area contributed by atoms with Crippen molar-refractivity contribution in [1.29, 1.82) is 0 Å². The first-order valence-corrected chi connectivity index (χ1v) is 7.31. The Balaban J connectivity index is 1.89. The average molecular weight is 349 g/mol. The molecular weight excluding hydrogens is 332 g/mol. The summed E-state index contributed by atoms with van der Waals surface area (Å²) in [4.78, 5) is 11.9. The molecule has 5 heteroatoms. The van der Waals surface area contributed by atoms with E-state index in [-0.39, 0.29) is 6.03 Å². The Bertz CT molecular complexity index is 627. The summed E-state index contributed by atoms with van der Waals surface area (Å²) >= 11 is 3.40. The van der Waals surface area contributed by atoms with Crippen LogP contribution >= 0.6 is 15.9 Å². The van der Waals surface area contributed by atoms with Crippen molar-refractivity contribution in [2.45, 2.75) is 13.5 Å². The SMILES string of the molecule is COc1ccc(CNC(=O)Nc2ccc(Br)cc2C)cc1. The molecule has 0 aliphatic rings. The summed E-state index contributed by atoms with van der Waals surface area (Å²) in [6.07, 6.45) is 0. The van der Waals surface area contributed by atoms with E-state index >= 15 is 0 Å². The minimum Gasteiger partial charge on any atom is -0.497 e. The number of rotatable bonds is 4. The number of carbonyl (C=O) groups excluding carboxylic acids is 1. The zero-order valence-electron chi connectivity index (χ0n) is 11.9. The van der Waals surface area contributed by atoms with Crippen molar-refractivity contribution in [3.05, 3.63) is 58.1 Å². The molecule has 2 rings (SSSR count). The molecule has 0 atom stereocenters. The maximum absolute atomic E-state index is 11.9. The first kappa shape index (κ1) is 15.4. The summed E-state index contributed by atoms with van der Waals surface area (Å²) in [7, 11) is 1.63. The molecule has 0 aliphatic carbocycles. The Morgan fingerprint density at radius 1 is 1.19 bits per heavy atom. The monoisotopic (exact) mass is 348 g/mol. The van der Waals surface area contributed by atoms with Crippen LogP contribution in [0.4, 0.5) is 10.5 Å². The zero-order valence-corrected chi connectivity index (χ0v) is 13.5. The van der Waals surface area contributed by atoms with Gasteiger partial charge >= 0.3 is 6.03 Å². The number of halogens is 1. The lowest BCUT2D eigenvalue weighted by Crippen LogP contribution is -2.28. The average Bonchev–Trinajstić information content (AvgIpc) is 2.48. The number of ether oxygens (including phenoxy) is 1. The number of carbonyl (C=O) groups is 1. The first-order valence-electron chi connectivity index (χ1n) is 6.52. The van der Waals surface area contributed by atoms with Gasteiger partial charge in [-0.1, -0.05) is 28.1 Å². The summed E-state index contributed by atoms with van der Waals surface area (Å²) in [5, 5.41) is 5.66. The van der Waals surface area contributed by atoms with Crippen LogP contribution in [-0.4, -0.2) is 13.1 Å². The molecule has 0 bridgehead atoms. The second-order valence-corrected chi connectivity index (χ2v) is 5.53. The lowest BCUT2D eigenvalue weighted by Gasteiger charge is -2.10. The molecule has 0 saturated carbocycles. The van der Waals surface area contributed by atoms with E-state index in [2.05, 4.69) is 26.6 Å². The van der Waals surface area contributed by atoms with E-state index < -0.39 is 0 Å². The maximum Gasteiger partial charge on any atom is 0.319 e. The molecule has 0 aromatic heterocycles. The summed E-state index contributed by atoms with van der Waals surface area (Å²) in [6.45, 7) is 2.41. The molecule has 0 heterocycles. The number of hydrogen-bond donors (Lipinski definition) is 2. The third kappa shape index (κ3) is 4.49. The highest BCUT2D eigenvalue weighted by atomic mass is 79.9. The standard InChI is InChI=1S/C16H17BrN2O2/c1-11-9-13(17)5-8-15(11)19-16(20)18-10-12-3-6-14(21-2)7-4-12/h3-9H,10H2,1-2H3,(H2,18,19,20). The smallest absolute Gasteiger partial charge is 0.319 e. The summed E-state index contributed by atoms with van der Waals surface area (Å²) in [5.41, 5.74) is 2.81. The van der Waals surface area contributed by atoms with Gasteiger partial charge in [0.25, 0.3) is 0 Å². The van der Waals surface area contributed by atoms with E-state index in [9.17, 15) is 4.79 Å². The van der Waals surface area contributed by atoms with Crippen molar-refractivity contribution in [3.8, 4) is 5.75 Å². The van der Waals surface area contributed by atoms with Crippen LogP contribution in [0.3, 0.4) is 0 Å². The van der Waals surface area contributed by atoms with Crippen LogP contribution in [0.1, 0.15) is 11.1 Å². The van der Waals surface area contributed by atoms with Crippen LogP contribution in [0.2, 0.25) is 0 Å². The van der Waals surface area contributed by atoms with E-state index in [4.69, 9.17) is 4.74 Å². The van der Waals surface area contributed by atoms with E-state index in [1.807, 2.05) is 49.4 Å². The highest BCUT2D eigenvalue weighted by Crippen LogP contribution is 2.19. The van der Waals surface area contributed by atoms with Crippen LogP contribution in [0.15, 0.2) is 46.9 Å². The molecule has 0 fully saturated rings. The Kier molecular flexibility index (Phi) is 5.22. The predicted octanol–water partition coefficient (Wildman–Crippen LogP) is 4.09. The molecule has 0 radical (unpaired) electrons. The normalized spacial score (nSPS) is 10.0. The molecule has 2 aromatic carbocycles. The van der Waals surface area contributed by atoms with Crippen LogP contribution < -0.4 is 15.4 Å². The van der Waals surface area contributed by atoms with Crippen molar-refractivity contribution in [2.24, 2.45) is 0 Å². The highest BCUT2D eigenvalue weighted by molar-refractivity contribution is 9.10. The van der Waals surface area contributed by atoms with E-state index in [0.29, 0.717) is 6.54 Å². The van der Waals surface area contributed by atoms with Gasteiger partial charge in [0.1, 0.15) is 5.75 Å². The number of aryl methyl sites for hydroxylation is 1. The number of benzene rings is 2. The van der Waals surface area contributed by atoms with Crippen LogP contribution in [0, 0.1) is 6.92 Å². The second-order valence-electron chi connectivity index (χ2n) is 4.61. The molecule has 4 nitrogen and oxygen atoms in total. The first-order chi connectivity index (χ1) is 10.1. The maximum atomic E-state index is 11.9. The van der Waals surface area contributed by atoms with Crippen LogP contribution in [0.5, 0.6) is 5.75 Å². The van der Waals surface area contributed by atoms with Gasteiger partial charge in [0.05, 0.1) is 7.11 Å². The van der Waals surface area contributed by atoms with Gasteiger partial charge in [0, 0.05) is 16.7 Å². The van der Waals surface area contributed by atoms with Crippen molar-refractivity contribution in [1.82, 2.24) is 5.32 Å². The van der Waals surface area contributed by atoms with Gasteiger partial charge in [0.15, 0.2) is 0 Å². The van der Waals surface area contributed by atoms with Crippen LogP contribution in [0.25, 0.3) is 0 Å². The van der Waals surface area contributed by atoms with E-state index in [0.717, 1.165) is 27.0 Å². The van der Waals surface area contributed by atoms with Gasteiger partial charge in [0.2, 0.25) is 0 Å². The third-order valence-corrected chi connectivity index (χ3v) is 3.54. The molecular formula is C16H17BrN2O2. The number of nitrogens with one attached hydrogen (secondary N) is 2. The van der Waals surface area contributed by atoms with Crippen LogP contribution in [-0.2, 0) is 6.54 Å². The molecule has 0 unspecified atom stereocenters. The minimum absolute atomic E-state index is 0.226. The van der Waals surface area contributed by atoms with Gasteiger partial charge < -0.3 is 15.4 Å². The molecule has 0 aliphatic heterocycles. The number of anilines is 1. The fourth-order valence-electron chi connectivity index (χ4n) is 1.86. The van der Waals surface area contributed by atoms with E-state index in [1.165, 1.54) is 0 Å². The molecule has 21 heavy (non-hydrogen) atoms.